The number of pyridine rings is 1. The van der Waals surface area contributed by atoms with E-state index in [1.54, 1.807) is 0 Å². The maximum atomic E-state index is 6.09. The van der Waals surface area contributed by atoms with Crippen LogP contribution in [0.4, 0.5) is 0 Å². The molecule has 1 aromatic rings. The van der Waals surface area contributed by atoms with Crippen molar-refractivity contribution in [3.05, 3.63) is 22.4 Å². The molecule has 0 spiro atoms. The molecule has 0 unspecified atom stereocenters. The summed E-state index contributed by atoms with van der Waals surface area (Å²) < 4.78 is 13.0. The summed E-state index contributed by atoms with van der Waals surface area (Å²) in [5.41, 5.74) is 1.61. The lowest BCUT2D eigenvalue weighted by atomic mass is 9.79. The molecule has 3 rings (SSSR count). The number of halogens is 1. The monoisotopic (exact) mass is 323 g/mol. The fourth-order valence-corrected chi connectivity index (χ4v) is 2.71. The minimum atomic E-state index is -0.304. The van der Waals surface area contributed by atoms with Gasteiger partial charge in [-0.05, 0) is 74.1 Å². The van der Waals surface area contributed by atoms with E-state index >= 15 is 0 Å². The molecule has 1 saturated carbocycles. The van der Waals surface area contributed by atoms with E-state index in [-0.39, 0.29) is 18.3 Å². The topological polar surface area (TPSA) is 31.4 Å². The third-order valence-electron chi connectivity index (χ3n) is 4.36. The molecular weight excluding hydrogens is 305 g/mol. The summed E-state index contributed by atoms with van der Waals surface area (Å²) in [6.07, 6.45) is 2.48. The van der Waals surface area contributed by atoms with Crippen LogP contribution in [0.5, 0.6) is 0 Å². The molecule has 19 heavy (non-hydrogen) atoms. The fraction of sp³-hybridized carbons (Fsp3) is 0.643. The normalized spacial score (nSPS) is 24.8. The zero-order chi connectivity index (χ0) is 13.8. The van der Waals surface area contributed by atoms with Crippen LogP contribution in [0.3, 0.4) is 0 Å². The van der Waals surface area contributed by atoms with Crippen molar-refractivity contribution in [3.8, 4) is 0 Å². The standard InChI is InChI=1S/C14H19BBrNO2/c1-13(2)14(3,4)19-15(18-13)10-7-11(9-5-6-9)17-12(16)8-10/h7-9H,5-6H2,1-4H3. The maximum Gasteiger partial charge on any atom is 0.494 e. The van der Waals surface area contributed by atoms with Crippen molar-refractivity contribution in [2.75, 3.05) is 0 Å². The van der Waals surface area contributed by atoms with Crippen molar-refractivity contribution >= 4 is 28.5 Å². The summed E-state index contributed by atoms with van der Waals surface area (Å²) in [5, 5.41) is 0. The van der Waals surface area contributed by atoms with E-state index in [0.29, 0.717) is 5.92 Å². The van der Waals surface area contributed by atoms with Gasteiger partial charge in [0.1, 0.15) is 4.60 Å². The summed E-state index contributed by atoms with van der Waals surface area (Å²) in [6, 6.07) is 4.12. The molecule has 0 radical (unpaired) electrons. The quantitative estimate of drug-likeness (QED) is 0.619. The Labute approximate surface area is 123 Å². The summed E-state index contributed by atoms with van der Waals surface area (Å²) in [5.74, 6) is 0.624. The van der Waals surface area contributed by atoms with Crippen molar-refractivity contribution in [2.24, 2.45) is 0 Å². The summed E-state index contributed by atoms with van der Waals surface area (Å²) in [6.45, 7) is 8.30. The van der Waals surface area contributed by atoms with Crippen LogP contribution < -0.4 is 5.46 Å². The maximum absolute atomic E-state index is 6.09. The number of hydrogen-bond acceptors (Lipinski definition) is 3. The second kappa shape index (κ2) is 4.30. The van der Waals surface area contributed by atoms with Crippen molar-refractivity contribution in [3.63, 3.8) is 0 Å². The van der Waals surface area contributed by atoms with E-state index in [4.69, 9.17) is 9.31 Å². The van der Waals surface area contributed by atoms with Gasteiger partial charge in [-0.1, -0.05) is 0 Å². The SMILES string of the molecule is CC1(C)OB(c2cc(Br)nc(C3CC3)c2)OC1(C)C. The van der Waals surface area contributed by atoms with Gasteiger partial charge >= 0.3 is 7.12 Å². The fourth-order valence-electron chi connectivity index (χ4n) is 2.24. The lowest BCUT2D eigenvalue weighted by molar-refractivity contribution is 0.00578. The Morgan fingerprint density at radius 1 is 1.16 bits per heavy atom. The first-order chi connectivity index (χ1) is 8.78. The smallest absolute Gasteiger partial charge is 0.399 e. The van der Waals surface area contributed by atoms with Crippen molar-refractivity contribution < 1.29 is 9.31 Å². The lowest BCUT2D eigenvalue weighted by Crippen LogP contribution is -2.41. The second-order valence-electron chi connectivity index (χ2n) is 6.51. The molecule has 1 aromatic heterocycles. The Hall–Kier alpha value is -0.385. The molecule has 0 bridgehead atoms. The van der Waals surface area contributed by atoms with E-state index in [1.807, 2.05) is 6.07 Å². The van der Waals surface area contributed by atoms with Crippen LogP contribution in [-0.4, -0.2) is 23.3 Å². The van der Waals surface area contributed by atoms with Crippen LogP contribution >= 0.6 is 15.9 Å². The Kier molecular flexibility index (Phi) is 3.08. The van der Waals surface area contributed by atoms with Gasteiger partial charge in [-0.15, -0.1) is 0 Å². The van der Waals surface area contributed by atoms with E-state index in [9.17, 15) is 0 Å². The van der Waals surface area contributed by atoms with Gasteiger partial charge < -0.3 is 9.31 Å². The van der Waals surface area contributed by atoms with E-state index in [2.05, 4.69) is 54.7 Å². The van der Waals surface area contributed by atoms with Gasteiger partial charge in [0.15, 0.2) is 0 Å². The minimum absolute atomic E-state index is 0.298. The molecular formula is C14H19BBrNO2. The number of hydrogen-bond donors (Lipinski definition) is 0. The number of rotatable bonds is 2. The van der Waals surface area contributed by atoms with Crippen LogP contribution in [0.1, 0.15) is 52.1 Å². The highest BCUT2D eigenvalue weighted by atomic mass is 79.9. The molecule has 1 aliphatic heterocycles. The average Bonchev–Trinajstić information content (AvgIpc) is 3.06. The molecule has 1 saturated heterocycles. The van der Waals surface area contributed by atoms with E-state index < -0.39 is 0 Å². The molecule has 5 heteroatoms. The van der Waals surface area contributed by atoms with Gasteiger partial charge in [0, 0.05) is 11.6 Å². The van der Waals surface area contributed by atoms with Crippen molar-refractivity contribution in [2.45, 2.75) is 57.7 Å². The van der Waals surface area contributed by atoms with Gasteiger partial charge in [-0.3, -0.25) is 0 Å². The largest absolute Gasteiger partial charge is 0.494 e. The highest BCUT2D eigenvalue weighted by Gasteiger charge is 2.51. The lowest BCUT2D eigenvalue weighted by Gasteiger charge is -2.32. The molecule has 2 aliphatic rings. The van der Waals surface area contributed by atoms with Crippen LogP contribution in [0.25, 0.3) is 0 Å². The predicted molar refractivity (Wildman–Crippen MR) is 79.6 cm³/mol. The predicted octanol–water partition coefficient (Wildman–Crippen LogP) is 3.02. The van der Waals surface area contributed by atoms with Crippen LogP contribution in [0.15, 0.2) is 16.7 Å². The Bertz CT molecular complexity index is 498. The third kappa shape index (κ3) is 2.48. The number of aromatic nitrogens is 1. The zero-order valence-corrected chi connectivity index (χ0v) is 13.5. The summed E-state index contributed by atoms with van der Waals surface area (Å²) >= 11 is 3.49. The molecule has 2 fully saturated rings. The molecule has 2 heterocycles. The van der Waals surface area contributed by atoms with Gasteiger partial charge in [0.05, 0.1) is 11.2 Å². The average molecular weight is 324 g/mol. The van der Waals surface area contributed by atoms with Gasteiger partial charge in [0.2, 0.25) is 0 Å². The highest BCUT2D eigenvalue weighted by molar-refractivity contribution is 9.10. The molecule has 0 aromatic carbocycles. The molecule has 0 atom stereocenters. The molecule has 0 amide bonds. The van der Waals surface area contributed by atoms with E-state index in [0.717, 1.165) is 15.8 Å². The van der Waals surface area contributed by atoms with Gasteiger partial charge in [-0.2, -0.15) is 0 Å². The minimum Gasteiger partial charge on any atom is -0.399 e. The second-order valence-corrected chi connectivity index (χ2v) is 7.32. The Morgan fingerprint density at radius 2 is 1.74 bits per heavy atom. The first-order valence-electron chi connectivity index (χ1n) is 6.81. The molecule has 102 valence electrons. The van der Waals surface area contributed by atoms with Gasteiger partial charge in [-0.25, -0.2) is 4.98 Å². The number of nitrogens with zero attached hydrogens (tertiary/aromatic N) is 1. The van der Waals surface area contributed by atoms with Gasteiger partial charge in [0.25, 0.3) is 0 Å². The van der Waals surface area contributed by atoms with E-state index in [1.165, 1.54) is 12.8 Å². The van der Waals surface area contributed by atoms with Crippen LogP contribution in [-0.2, 0) is 9.31 Å². The van der Waals surface area contributed by atoms with Crippen molar-refractivity contribution in [1.29, 1.82) is 0 Å². The summed E-state index contributed by atoms with van der Waals surface area (Å²) in [4.78, 5) is 4.55. The Morgan fingerprint density at radius 3 is 2.26 bits per heavy atom. The Balaban J connectivity index is 1.91. The first-order valence-corrected chi connectivity index (χ1v) is 7.61. The molecule has 3 nitrogen and oxygen atoms in total. The zero-order valence-electron chi connectivity index (χ0n) is 11.9. The van der Waals surface area contributed by atoms with Crippen LogP contribution in [0.2, 0.25) is 0 Å². The summed E-state index contributed by atoms with van der Waals surface area (Å²) in [7, 11) is -0.304. The van der Waals surface area contributed by atoms with Crippen molar-refractivity contribution in [1.82, 2.24) is 4.98 Å². The third-order valence-corrected chi connectivity index (χ3v) is 4.76. The van der Waals surface area contributed by atoms with Crippen LogP contribution in [0, 0.1) is 0 Å². The molecule has 1 aliphatic carbocycles. The molecule has 0 N–H and O–H groups in total. The highest BCUT2D eigenvalue weighted by Crippen LogP contribution is 2.40. The first kappa shape index (κ1) is 13.6.